The molecule has 0 aromatic heterocycles. The van der Waals surface area contributed by atoms with Gasteiger partial charge in [0, 0.05) is 24.3 Å². The summed E-state index contributed by atoms with van der Waals surface area (Å²) in [5.41, 5.74) is 1.90. The summed E-state index contributed by atoms with van der Waals surface area (Å²) >= 11 is 0. The summed E-state index contributed by atoms with van der Waals surface area (Å²) in [5.74, 6) is -2.91. The van der Waals surface area contributed by atoms with E-state index in [4.69, 9.17) is 0 Å². The van der Waals surface area contributed by atoms with Gasteiger partial charge in [-0.1, -0.05) is 17.7 Å². The Kier molecular flexibility index (Phi) is 5.30. The van der Waals surface area contributed by atoms with Crippen molar-refractivity contribution >= 4 is 17.5 Å². The Labute approximate surface area is 150 Å². The van der Waals surface area contributed by atoms with Crippen molar-refractivity contribution in [1.29, 1.82) is 0 Å². The maximum absolute atomic E-state index is 13.4. The third kappa shape index (κ3) is 4.07. The number of nitrogens with zero attached hydrogens (tertiary/aromatic N) is 1. The number of carbonyl (C=O) groups is 2. The number of anilines is 1. The lowest BCUT2D eigenvalue weighted by Gasteiger charge is -2.32. The lowest BCUT2D eigenvalue weighted by atomic mass is 9.96. The number of likely N-dealkylation sites (tertiary alicyclic amines) is 1. The molecule has 1 atom stereocenters. The predicted molar refractivity (Wildman–Crippen MR) is 94.8 cm³/mol. The zero-order valence-corrected chi connectivity index (χ0v) is 14.5. The number of aryl methyl sites for hydroxylation is 1. The van der Waals surface area contributed by atoms with Crippen LogP contribution in [0.2, 0.25) is 0 Å². The molecule has 1 heterocycles. The van der Waals surface area contributed by atoms with Gasteiger partial charge in [0.25, 0.3) is 5.91 Å². The third-order valence-electron chi connectivity index (χ3n) is 4.57. The highest BCUT2D eigenvalue weighted by Crippen LogP contribution is 2.21. The lowest BCUT2D eigenvalue weighted by Crippen LogP contribution is -2.43. The van der Waals surface area contributed by atoms with Gasteiger partial charge >= 0.3 is 0 Å². The van der Waals surface area contributed by atoms with Crippen molar-refractivity contribution in [3.8, 4) is 0 Å². The van der Waals surface area contributed by atoms with Gasteiger partial charge in [-0.05, 0) is 50.1 Å². The van der Waals surface area contributed by atoms with E-state index in [1.165, 1.54) is 11.0 Å². The molecular formula is C20H20F2N2O2. The molecule has 26 heavy (non-hydrogen) atoms. The Balaban J connectivity index is 1.66. The van der Waals surface area contributed by atoms with Crippen LogP contribution in [0.25, 0.3) is 0 Å². The number of rotatable bonds is 3. The molecule has 2 aromatic rings. The van der Waals surface area contributed by atoms with Crippen LogP contribution >= 0.6 is 0 Å². The molecule has 1 aliphatic rings. The highest BCUT2D eigenvalue weighted by molar-refractivity contribution is 5.96. The molecule has 0 bridgehead atoms. The van der Waals surface area contributed by atoms with Gasteiger partial charge in [0.1, 0.15) is 0 Å². The molecule has 1 aliphatic heterocycles. The number of amides is 2. The number of benzene rings is 2. The largest absolute Gasteiger partial charge is 0.338 e. The van der Waals surface area contributed by atoms with Gasteiger partial charge < -0.3 is 10.2 Å². The van der Waals surface area contributed by atoms with Crippen LogP contribution in [0.1, 0.15) is 28.8 Å². The van der Waals surface area contributed by atoms with E-state index in [1.54, 1.807) is 0 Å². The molecule has 2 amide bonds. The molecule has 1 N–H and O–H groups in total. The van der Waals surface area contributed by atoms with Crippen LogP contribution in [0.3, 0.4) is 0 Å². The monoisotopic (exact) mass is 358 g/mol. The highest BCUT2D eigenvalue weighted by Gasteiger charge is 2.29. The summed E-state index contributed by atoms with van der Waals surface area (Å²) in [7, 11) is 0. The molecule has 0 saturated carbocycles. The first-order valence-corrected chi connectivity index (χ1v) is 8.56. The summed E-state index contributed by atoms with van der Waals surface area (Å²) in [6.07, 6.45) is 1.36. The second-order valence-electron chi connectivity index (χ2n) is 6.57. The Morgan fingerprint density at radius 1 is 1.08 bits per heavy atom. The van der Waals surface area contributed by atoms with Crippen LogP contribution < -0.4 is 5.32 Å². The van der Waals surface area contributed by atoms with E-state index in [2.05, 4.69) is 5.32 Å². The van der Waals surface area contributed by atoms with Gasteiger partial charge in [-0.25, -0.2) is 8.78 Å². The van der Waals surface area contributed by atoms with Gasteiger partial charge in [0.2, 0.25) is 5.91 Å². The predicted octanol–water partition coefficient (Wildman–Crippen LogP) is 3.76. The third-order valence-corrected chi connectivity index (χ3v) is 4.57. The molecule has 2 aromatic carbocycles. The minimum absolute atomic E-state index is 0.0866. The molecule has 0 radical (unpaired) electrons. The van der Waals surface area contributed by atoms with E-state index < -0.39 is 17.5 Å². The standard InChI is InChI=1S/C20H20F2N2O2/c1-13-4-7-16(8-5-13)23-19(25)15-3-2-10-24(12-15)20(26)14-6-9-17(21)18(22)11-14/h4-9,11,15H,2-3,10,12H2,1H3,(H,23,25)/t15-/m1/s1. The SMILES string of the molecule is Cc1ccc(NC(=O)[C@@H]2CCCN(C(=O)c3ccc(F)c(F)c3)C2)cc1. The fraction of sp³-hybridized carbons (Fsp3) is 0.300. The van der Waals surface area contributed by atoms with Crippen molar-refractivity contribution in [2.45, 2.75) is 19.8 Å². The fourth-order valence-corrected chi connectivity index (χ4v) is 3.07. The van der Waals surface area contributed by atoms with E-state index >= 15 is 0 Å². The number of hydrogen-bond donors (Lipinski definition) is 1. The average Bonchev–Trinajstić information content (AvgIpc) is 2.65. The normalized spacial score (nSPS) is 17.0. The fourth-order valence-electron chi connectivity index (χ4n) is 3.07. The summed E-state index contributed by atoms with van der Waals surface area (Å²) in [4.78, 5) is 26.6. The maximum Gasteiger partial charge on any atom is 0.253 e. The Morgan fingerprint density at radius 2 is 1.81 bits per heavy atom. The van der Waals surface area contributed by atoms with Gasteiger partial charge in [0.15, 0.2) is 11.6 Å². The topological polar surface area (TPSA) is 49.4 Å². The summed E-state index contributed by atoms with van der Waals surface area (Å²) in [6, 6.07) is 10.6. The van der Waals surface area contributed by atoms with Crippen LogP contribution in [-0.2, 0) is 4.79 Å². The first-order chi connectivity index (χ1) is 12.4. The maximum atomic E-state index is 13.4. The zero-order chi connectivity index (χ0) is 18.7. The van der Waals surface area contributed by atoms with Gasteiger partial charge in [0.05, 0.1) is 5.92 Å². The van der Waals surface area contributed by atoms with E-state index in [1.807, 2.05) is 31.2 Å². The number of nitrogens with one attached hydrogen (secondary N) is 1. The molecular weight excluding hydrogens is 338 g/mol. The minimum Gasteiger partial charge on any atom is -0.338 e. The molecule has 1 saturated heterocycles. The Bertz CT molecular complexity index is 821. The molecule has 0 aliphatic carbocycles. The second-order valence-corrected chi connectivity index (χ2v) is 6.57. The molecule has 6 heteroatoms. The molecule has 4 nitrogen and oxygen atoms in total. The second kappa shape index (κ2) is 7.64. The number of carbonyl (C=O) groups excluding carboxylic acids is 2. The molecule has 0 spiro atoms. The summed E-state index contributed by atoms with van der Waals surface area (Å²) in [5, 5.41) is 2.87. The van der Waals surface area contributed by atoms with Crippen molar-refractivity contribution in [2.24, 2.45) is 5.92 Å². The van der Waals surface area contributed by atoms with E-state index in [9.17, 15) is 18.4 Å². The van der Waals surface area contributed by atoms with E-state index in [0.717, 1.165) is 17.7 Å². The van der Waals surface area contributed by atoms with Gasteiger partial charge in [-0.3, -0.25) is 9.59 Å². The van der Waals surface area contributed by atoms with Crippen molar-refractivity contribution < 1.29 is 18.4 Å². The zero-order valence-electron chi connectivity index (χ0n) is 14.5. The summed E-state index contributed by atoms with van der Waals surface area (Å²) < 4.78 is 26.4. The van der Waals surface area contributed by atoms with Crippen LogP contribution in [0, 0.1) is 24.5 Å². The molecule has 0 unspecified atom stereocenters. The quantitative estimate of drug-likeness (QED) is 0.908. The minimum atomic E-state index is -1.05. The molecule has 1 fully saturated rings. The van der Waals surface area contributed by atoms with Crippen LogP contribution in [0.5, 0.6) is 0 Å². The summed E-state index contributed by atoms with van der Waals surface area (Å²) in [6.45, 7) is 2.72. The van der Waals surface area contributed by atoms with Crippen LogP contribution in [0.15, 0.2) is 42.5 Å². The van der Waals surface area contributed by atoms with Crippen molar-refractivity contribution in [3.63, 3.8) is 0 Å². The Morgan fingerprint density at radius 3 is 2.50 bits per heavy atom. The highest BCUT2D eigenvalue weighted by atomic mass is 19.2. The Hall–Kier alpha value is -2.76. The number of hydrogen-bond acceptors (Lipinski definition) is 2. The van der Waals surface area contributed by atoms with Crippen LogP contribution in [0.4, 0.5) is 14.5 Å². The number of halogens is 2. The van der Waals surface area contributed by atoms with Crippen LogP contribution in [-0.4, -0.2) is 29.8 Å². The van der Waals surface area contributed by atoms with E-state index in [-0.39, 0.29) is 23.9 Å². The van der Waals surface area contributed by atoms with Crippen molar-refractivity contribution in [1.82, 2.24) is 4.90 Å². The van der Waals surface area contributed by atoms with Gasteiger partial charge in [-0.2, -0.15) is 0 Å². The van der Waals surface area contributed by atoms with Crippen molar-refractivity contribution in [2.75, 3.05) is 18.4 Å². The first-order valence-electron chi connectivity index (χ1n) is 8.56. The number of piperidine rings is 1. The average molecular weight is 358 g/mol. The first kappa shape index (κ1) is 18.0. The molecule has 3 rings (SSSR count). The smallest absolute Gasteiger partial charge is 0.253 e. The van der Waals surface area contributed by atoms with Crippen molar-refractivity contribution in [3.05, 3.63) is 65.2 Å². The lowest BCUT2D eigenvalue weighted by molar-refractivity contribution is -0.121. The molecule has 136 valence electrons. The van der Waals surface area contributed by atoms with E-state index in [0.29, 0.717) is 25.1 Å². The van der Waals surface area contributed by atoms with Gasteiger partial charge in [-0.15, -0.1) is 0 Å².